The first-order valence-electron chi connectivity index (χ1n) is 5.47. The summed E-state index contributed by atoms with van der Waals surface area (Å²) in [5.74, 6) is -0.493. The van der Waals surface area contributed by atoms with Gasteiger partial charge in [-0.2, -0.15) is 0 Å². The number of methoxy groups -OCH3 is 1. The Labute approximate surface area is 114 Å². The van der Waals surface area contributed by atoms with Gasteiger partial charge in [0, 0.05) is 24.5 Å². The van der Waals surface area contributed by atoms with Gasteiger partial charge in [-0.25, -0.2) is 12.8 Å². The Kier molecular flexibility index (Phi) is 3.75. The first-order valence-corrected chi connectivity index (χ1v) is 6.96. The molecule has 0 radical (unpaired) electrons. The number of hydrogen-bond acceptors (Lipinski definition) is 4. The van der Waals surface area contributed by atoms with E-state index in [4.69, 9.17) is 4.74 Å². The zero-order valence-corrected chi connectivity index (χ0v) is 11.2. The summed E-state index contributed by atoms with van der Waals surface area (Å²) in [5.41, 5.74) is -0.993. The number of anilines is 1. The Morgan fingerprint density at radius 2 is 2.05 bits per heavy atom. The summed E-state index contributed by atoms with van der Waals surface area (Å²) in [4.78, 5) is 13.5. The number of aromatic amines is 1. The Morgan fingerprint density at radius 3 is 2.70 bits per heavy atom. The molecule has 6 nitrogen and oxygen atoms in total. The molecule has 0 fully saturated rings. The molecule has 106 valence electrons. The minimum Gasteiger partial charge on any atom is -0.497 e. The van der Waals surface area contributed by atoms with Gasteiger partial charge in [-0.3, -0.25) is 9.52 Å². The normalized spacial score (nSPS) is 11.1. The highest BCUT2D eigenvalue weighted by molar-refractivity contribution is 7.92. The molecule has 0 bridgehead atoms. The van der Waals surface area contributed by atoms with Crippen LogP contribution in [0.5, 0.6) is 5.75 Å². The fourth-order valence-corrected chi connectivity index (χ4v) is 2.63. The largest absolute Gasteiger partial charge is 0.497 e. The number of H-pyrrole nitrogens is 1. The summed E-state index contributed by atoms with van der Waals surface area (Å²) in [6.07, 6.45) is 2.33. The highest BCUT2D eigenvalue weighted by atomic mass is 32.2. The number of aromatic nitrogens is 1. The lowest BCUT2D eigenvalue weighted by molar-refractivity contribution is 0.414. The second-order valence-electron chi connectivity index (χ2n) is 3.82. The molecule has 2 N–H and O–H groups in total. The maximum atomic E-state index is 13.6. The summed E-state index contributed by atoms with van der Waals surface area (Å²) in [5, 5.41) is 0. The molecule has 0 saturated carbocycles. The minimum absolute atomic E-state index is 0.283. The molecular formula is C12H11FN2O4S. The summed E-state index contributed by atoms with van der Waals surface area (Å²) in [6.45, 7) is 0. The van der Waals surface area contributed by atoms with Gasteiger partial charge in [0.2, 0.25) is 5.43 Å². The Bertz CT molecular complexity index is 786. The lowest BCUT2D eigenvalue weighted by atomic mass is 10.3. The van der Waals surface area contributed by atoms with Crippen LogP contribution in [-0.4, -0.2) is 20.5 Å². The van der Waals surface area contributed by atoms with Crippen molar-refractivity contribution >= 4 is 15.7 Å². The molecule has 0 spiro atoms. The number of ether oxygens (including phenoxy) is 1. The number of sulfonamides is 1. The van der Waals surface area contributed by atoms with Crippen LogP contribution < -0.4 is 14.9 Å². The predicted molar refractivity (Wildman–Crippen MR) is 70.8 cm³/mol. The molecule has 8 heteroatoms. The van der Waals surface area contributed by atoms with E-state index in [2.05, 4.69) is 4.98 Å². The van der Waals surface area contributed by atoms with Crippen LogP contribution >= 0.6 is 0 Å². The van der Waals surface area contributed by atoms with Gasteiger partial charge in [-0.1, -0.05) is 0 Å². The average molecular weight is 298 g/mol. The van der Waals surface area contributed by atoms with Crippen LogP contribution in [0.25, 0.3) is 0 Å². The first kappa shape index (κ1) is 14.1. The zero-order chi connectivity index (χ0) is 14.8. The quantitative estimate of drug-likeness (QED) is 0.891. The number of nitrogens with one attached hydrogen (secondary N) is 2. The molecule has 0 aliphatic rings. The van der Waals surface area contributed by atoms with Gasteiger partial charge in [-0.15, -0.1) is 0 Å². The molecule has 2 aromatic rings. The van der Waals surface area contributed by atoms with E-state index in [1.54, 1.807) is 0 Å². The van der Waals surface area contributed by atoms with E-state index in [1.807, 2.05) is 4.72 Å². The van der Waals surface area contributed by atoms with E-state index < -0.39 is 26.2 Å². The Balaban J connectivity index is 2.44. The number of benzene rings is 1. The van der Waals surface area contributed by atoms with Crippen LogP contribution in [-0.2, 0) is 10.0 Å². The predicted octanol–water partition coefficient (Wildman–Crippen LogP) is 1.32. The number of pyridine rings is 1. The third kappa shape index (κ3) is 2.80. The van der Waals surface area contributed by atoms with Crippen LogP contribution in [0.4, 0.5) is 10.1 Å². The summed E-state index contributed by atoms with van der Waals surface area (Å²) in [6, 6.07) is 4.66. The molecule has 0 amide bonds. The van der Waals surface area contributed by atoms with Crippen molar-refractivity contribution in [3.8, 4) is 5.75 Å². The van der Waals surface area contributed by atoms with Gasteiger partial charge in [0.1, 0.15) is 11.6 Å². The van der Waals surface area contributed by atoms with Crippen LogP contribution in [0.2, 0.25) is 0 Å². The highest BCUT2D eigenvalue weighted by Crippen LogP contribution is 2.23. The van der Waals surface area contributed by atoms with E-state index in [9.17, 15) is 17.6 Å². The molecular weight excluding hydrogens is 287 g/mol. The van der Waals surface area contributed by atoms with Crippen molar-refractivity contribution in [2.45, 2.75) is 4.90 Å². The number of halogens is 1. The van der Waals surface area contributed by atoms with E-state index in [-0.39, 0.29) is 11.4 Å². The molecule has 20 heavy (non-hydrogen) atoms. The van der Waals surface area contributed by atoms with Crippen LogP contribution in [0.3, 0.4) is 0 Å². The van der Waals surface area contributed by atoms with Gasteiger partial charge >= 0.3 is 0 Å². The van der Waals surface area contributed by atoms with Crippen molar-refractivity contribution in [3.63, 3.8) is 0 Å². The van der Waals surface area contributed by atoms with Crippen molar-refractivity contribution < 1.29 is 17.5 Å². The van der Waals surface area contributed by atoms with Crippen LogP contribution in [0, 0.1) is 5.82 Å². The van der Waals surface area contributed by atoms with Gasteiger partial charge < -0.3 is 9.72 Å². The van der Waals surface area contributed by atoms with Gasteiger partial charge in [-0.05, 0) is 12.1 Å². The third-order valence-electron chi connectivity index (χ3n) is 2.50. The fraction of sp³-hybridized carbons (Fsp3) is 0.0833. The van der Waals surface area contributed by atoms with E-state index in [1.165, 1.54) is 25.4 Å². The maximum absolute atomic E-state index is 13.6. The molecule has 0 saturated heterocycles. The van der Waals surface area contributed by atoms with Gasteiger partial charge in [0.15, 0.2) is 4.90 Å². The van der Waals surface area contributed by atoms with E-state index in [0.29, 0.717) is 0 Å². The molecule has 1 aromatic carbocycles. The van der Waals surface area contributed by atoms with E-state index >= 15 is 0 Å². The lowest BCUT2D eigenvalue weighted by Crippen LogP contribution is -2.21. The zero-order valence-electron chi connectivity index (χ0n) is 10.4. The molecule has 2 rings (SSSR count). The second-order valence-corrected chi connectivity index (χ2v) is 5.47. The monoisotopic (exact) mass is 298 g/mol. The smallest absolute Gasteiger partial charge is 0.267 e. The molecule has 0 atom stereocenters. The lowest BCUT2D eigenvalue weighted by Gasteiger charge is -2.09. The average Bonchev–Trinajstić information content (AvgIpc) is 2.41. The number of rotatable bonds is 4. The van der Waals surface area contributed by atoms with Crippen molar-refractivity contribution in [3.05, 3.63) is 52.7 Å². The molecule has 1 heterocycles. The van der Waals surface area contributed by atoms with E-state index in [0.717, 1.165) is 18.3 Å². The van der Waals surface area contributed by atoms with Gasteiger partial charge in [0.05, 0.1) is 12.8 Å². The van der Waals surface area contributed by atoms with Crippen molar-refractivity contribution in [1.82, 2.24) is 4.98 Å². The first-order chi connectivity index (χ1) is 9.44. The standard InChI is InChI=1S/C12H11FN2O4S/c1-19-8-2-3-9(13)10(6-8)15-20(17,18)12-7-14-5-4-11(12)16/h2-7,15H,1H3,(H,14,16). The second kappa shape index (κ2) is 5.33. The minimum atomic E-state index is -4.18. The Morgan fingerprint density at radius 1 is 1.30 bits per heavy atom. The summed E-state index contributed by atoms with van der Waals surface area (Å²) >= 11 is 0. The summed E-state index contributed by atoms with van der Waals surface area (Å²) in [7, 11) is -2.81. The SMILES string of the molecule is COc1ccc(F)c(NS(=O)(=O)c2c[nH]ccc2=O)c1. The van der Waals surface area contributed by atoms with Crippen molar-refractivity contribution in [2.75, 3.05) is 11.8 Å². The van der Waals surface area contributed by atoms with Crippen LogP contribution in [0.1, 0.15) is 0 Å². The third-order valence-corrected chi connectivity index (χ3v) is 3.88. The van der Waals surface area contributed by atoms with Crippen molar-refractivity contribution in [1.29, 1.82) is 0 Å². The molecule has 0 aliphatic carbocycles. The molecule has 1 aromatic heterocycles. The summed E-state index contributed by atoms with van der Waals surface area (Å²) < 4.78 is 44.6. The molecule has 0 unspecified atom stereocenters. The Hall–Kier alpha value is -2.35. The van der Waals surface area contributed by atoms with Crippen LogP contribution in [0.15, 0.2) is 46.3 Å². The number of hydrogen-bond donors (Lipinski definition) is 2. The molecule has 0 aliphatic heterocycles. The van der Waals surface area contributed by atoms with Gasteiger partial charge in [0.25, 0.3) is 10.0 Å². The van der Waals surface area contributed by atoms with Crippen molar-refractivity contribution in [2.24, 2.45) is 0 Å². The fourth-order valence-electron chi connectivity index (χ4n) is 1.52. The topological polar surface area (TPSA) is 88.3 Å². The highest BCUT2D eigenvalue weighted by Gasteiger charge is 2.19. The maximum Gasteiger partial charge on any atom is 0.267 e.